The molecule has 1 spiro atoms. The molecule has 1 fully saturated rings. The summed E-state index contributed by atoms with van der Waals surface area (Å²) in [5.41, 5.74) is 3.05. The predicted octanol–water partition coefficient (Wildman–Crippen LogP) is 4.42. The lowest BCUT2D eigenvalue weighted by molar-refractivity contribution is -0.148. The van der Waals surface area contributed by atoms with Gasteiger partial charge < -0.3 is 14.4 Å². The van der Waals surface area contributed by atoms with Gasteiger partial charge in [0.1, 0.15) is 0 Å². The first-order valence-corrected chi connectivity index (χ1v) is 10.6. The van der Waals surface area contributed by atoms with Crippen LogP contribution in [-0.2, 0) is 0 Å². The minimum absolute atomic E-state index is 0.181. The quantitative estimate of drug-likeness (QED) is 0.690. The SMILES string of the molecule is COc1cccc2c1OC1(CCN(C)CC1)N1N=C(c3ccc(Br)cc3)C[C@@H]21. The van der Waals surface area contributed by atoms with Crippen LogP contribution in [0.4, 0.5) is 0 Å². The molecule has 146 valence electrons. The Morgan fingerprint density at radius 2 is 1.89 bits per heavy atom. The van der Waals surface area contributed by atoms with Crippen molar-refractivity contribution in [2.45, 2.75) is 31.0 Å². The molecule has 0 amide bonds. The number of hydrazone groups is 1. The largest absolute Gasteiger partial charge is 0.493 e. The number of halogens is 1. The number of rotatable bonds is 2. The van der Waals surface area contributed by atoms with Gasteiger partial charge in [0.25, 0.3) is 0 Å². The van der Waals surface area contributed by atoms with E-state index in [2.05, 4.69) is 63.2 Å². The number of likely N-dealkylation sites (tertiary alicyclic amines) is 1. The lowest BCUT2D eigenvalue weighted by atomic mass is 9.90. The highest BCUT2D eigenvalue weighted by atomic mass is 79.9. The van der Waals surface area contributed by atoms with E-state index in [1.807, 2.05) is 12.1 Å². The zero-order chi connectivity index (χ0) is 19.3. The van der Waals surface area contributed by atoms with Crippen LogP contribution >= 0.6 is 15.9 Å². The van der Waals surface area contributed by atoms with E-state index in [1.165, 1.54) is 11.1 Å². The second kappa shape index (κ2) is 6.78. The highest BCUT2D eigenvalue weighted by Gasteiger charge is 2.52. The average molecular weight is 442 g/mol. The molecular formula is C22H24BrN3O2. The lowest BCUT2D eigenvalue weighted by Crippen LogP contribution is -2.58. The normalized spacial score (nSPS) is 23.0. The van der Waals surface area contributed by atoms with Gasteiger partial charge in [-0.05, 0) is 30.8 Å². The van der Waals surface area contributed by atoms with Crippen molar-refractivity contribution in [3.05, 3.63) is 58.1 Å². The Bertz CT molecular complexity index is 920. The van der Waals surface area contributed by atoms with Gasteiger partial charge in [0.05, 0.1) is 18.9 Å². The van der Waals surface area contributed by atoms with Gasteiger partial charge in [0.15, 0.2) is 11.5 Å². The van der Waals surface area contributed by atoms with E-state index in [1.54, 1.807) is 7.11 Å². The van der Waals surface area contributed by atoms with Crippen LogP contribution in [0.25, 0.3) is 0 Å². The average Bonchev–Trinajstić information content (AvgIpc) is 3.17. The van der Waals surface area contributed by atoms with Crippen molar-refractivity contribution >= 4 is 21.6 Å². The number of fused-ring (bicyclic) bond motifs is 4. The molecule has 0 N–H and O–H groups in total. The molecule has 1 atom stereocenters. The minimum Gasteiger partial charge on any atom is -0.493 e. The van der Waals surface area contributed by atoms with Crippen LogP contribution < -0.4 is 9.47 Å². The van der Waals surface area contributed by atoms with E-state index in [0.717, 1.165) is 54.0 Å². The molecule has 0 aromatic heterocycles. The highest BCUT2D eigenvalue weighted by molar-refractivity contribution is 9.10. The van der Waals surface area contributed by atoms with Crippen LogP contribution in [0.15, 0.2) is 52.0 Å². The van der Waals surface area contributed by atoms with E-state index < -0.39 is 5.72 Å². The third-order valence-corrected chi connectivity index (χ3v) is 6.68. The Kier molecular flexibility index (Phi) is 4.36. The first-order valence-electron chi connectivity index (χ1n) is 9.77. The molecular weight excluding hydrogens is 418 g/mol. The smallest absolute Gasteiger partial charge is 0.200 e. The van der Waals surface area contributed by atoms with Crippen molar-refractivity contribution < 1.29 is 9.47 Å². The number of benzene rings is 2. The molecule has 3 aliphatic rings. The van der Waals surface area contributed by atoms with Crippen molar-refractivity contribution in [3.63, 3.8) is 0 Å². The number of hydrogen-bond donors (Lipinski definition) is 0. The molecule has 5 nitrogen and oxygen atoms in total. The fraction of sp³-hybridized carbons (Fsp3) is 0.409. The molecule has 0 radical (unpaired) electrons. The van der Waals surface area contributed by atoms with Crippen LogP contribution in [0.2, 0.25) is 0 Å². The molecule has 6 heteroatoms. The van der Waals surface area contributed by atoms with Gasteiger partial charge in [-0.2, -0.15) is 5.10 Å². The van der Waals surface area contributed by atoms with Crippen molar-refractivity contribution in [1.29, 1.82) is 0 Å². The molecule has 3 heterocycles. The molecule has 5 rings (SSSR count). The molecule has 2 aromatic rings. The second-order valence-electron chi connectivity index (χ2n) is 7.85. The topological polar surface area (TPSA) is 37.3 Å². The summed E-state index contributed by atoms with van der Waals surface area (Å²) in [4.78, 5) is 2.36. The maximum absolute atomic E-state index is 6.71. The molecule has 3 aliphatic heterocycles. The zero-order valence-corrected chi connectivity index (χ0v) is 17.8. The summed E-state index contributed by atoms with van der Waals surface area (Å²) in [5, 5.41) is 7.37. The number of methoxy groups -OCH3 is 1. The van der Waals surface area contributed by atoms with Crippen molar-refractivity contribution in [2.75, 3.05) is 27.2 Å². The van der Waals surface area contributed by atoms with E-state index in [-0.39, 0.29) is 6.04 Å². The summed E-state index contributed by atoms with van der Waals surface area (Å²) in [7, 11) is 3.88. The molecule has 2 aromatic carbocycles. The van der Waals surface area contributed by atoms with Crippen LogP contribution in [0.5, 0.6) is 11.5 Å². The van der Waals surface area contributed by atoms with Crippen LogP contribution in [0, 0.1) is 0 Å². The second-order valence-corrected chi connectivity index (χ2v) is 8.76. The van der Waals surface area contributed by atoms with E-state index in [4.69, 9.17) is 14.6 Å². The highest BCUT2D eigenvalue weighted by Crippen LogP contribution is 2.52. The first kappa shape index (κ1) is 18.0. The van der Waals surface area contributed by atoms with E-state index in [0.29, 0.717) is 0 Å². The van der Waals surface area contributed by atoms with Crippen molar-refractivity contribution in [1.82, 2.24) is 9.91 Å². The monoisotopic (exact) mass is 441 g/mol. The number of piperidine rings is 1. The summed E-state index contributed by atoms with van der Waals surface area (Å²) in [6.07, 6.45) is 2.73. The van der Waals surface area contributed by atoms with Gasteiger partial charge in [0.2, 0.25) is 5.72 Å². The van der Waals surface area contributed by atoms with Crippen LogP contribution in [0.3, 0.4) is 0 Å². The third-order valence-electron chi connectivity index (χ3n) is 6.15. The van der Waals surface area contributed by atoms with E-state index in [9.17, 15) is 0 Å². The summed E-state index contributed by atoms with van der Waals surface area (Å²) < 4.78 is 13.4. The summed E-state index contributed by atoms with van der Waals surface area (Å²) >= 11 is 3.53. The van der Waals surface area contributed by atoms with Gasteiger partial charge in [-0.3, -0.25) is 0 Å². The number of ether oxygens (including phenoxy) is 2. The molecule has 0 saturated carbocycles. The molecule has 0 aliphatic carbocycles. The zero-order valence-electron chi connectivity index (χ0n) is 16.2. The lowest BCUT2D eigenvalue weighted by Gasteiger charge is -2.50. The first-order chi connectivity index (χ1) is 13.6. The summed E-state index contributed by atoms with van der Waals surface area (Å²) in [6.45, 7) is 1.99. The van der Waals surface area contributed by atoms with Gasteiger partial charge in [-0.25, -0.2) is 5.01 Å². The van der Waals surface area contributed by atoms with Gasteiger partial charge in [-0.1, -0.05) is 40.2 Å². The maximum Gasteiger partial charge on any atom is 0.200 e. The van der Waals surface area contributed by atoms with Crippen LogP contribution in [-0.4, -0.2) is 48.6 Å². The van der Waals surface area contributed by atoms with Crippen molar-refractivity contribution in [3.8, 4) is 11.5 Å². The molecule has 0 unspecified atom stereocenters. The fourth-order valence-electron chi connectivity index (χ4n) is 4.55. The standard InChI is InChI=1S/C22H24BrN3O2/c1-25-12-10-22(11-13-25)26-19(17-4-3-5-20(27-2)21(17)28-22)14-18(24-26)15-6-8-16(23)9-7-15/h3-9,19H,10-14H2,1-2H3/t19-/m0/s1. The Labute approximate surface area is 174 Å². The van der Waals surface area contributed by atoms with E-state index >= 15 is 0 Å². The fourth-order valence-corrected chi connectivity index (χ4v) is 4.81. The van der Waals surface area contributed by atoms with Gasteiger partial charge in [-0.15, -0.1) is 0 Å². The molecule has 28 heavy (non-hydrogen) atoms. The number of hydrogen-bond acceptors (Lipinski definition) is 5. The third kappa shape index (κ3) is 2.81. The van der Waals surface area contributed by atoms with Crippen molar-refractivity contribution in [2.24, 2.45) is 5.10 Å². The minimum atomic E-state index is -0.407. The van der Waals surface area contributed by atoms with Gasteiger partial charge in [0, 0.05) is 42.4 Å². The summed E-state index contributed by atoms with van der Waals surface area (Å²) in [5.74, 6) is 1.70. The number of nitrogens with zero attached hydrogens (tertiary/aromatic N) is 3. The number of para-hydroxylation sites is 1. The predicted molar refractivity (Wildman–Crippen MR) is 113 cm³/mol. The maximum atomic E-state index is 6.71. The Hall–Kier alpha value is -2.05. The molecule has 1 saturated heterocycles. The van der Waals surface area contributed by atoms with Crippen LogP contribution in [0.1, 0.15) is 36.4 Å². The Morgan fingerprint density at radius 1 is 1.14 bits per heavy atom. The Balaban J connectivity index is 1.60. The summed E-state index contributed by atoms with van der Waals surface area (Å²) in [6, 6.07) is 14.8. The van der Waals surface area contributed by atoms with Gasteiger partial charge >= 0.3 is 0 Å². The molecule has 0 bridgehead atoms. The Morgan fingerprint density at radius 3 is 2.61 bits per heavy atom.